The Bertz CT molecular complexity index is 862. The molecule has 2 amide bonds. The molecule has 1 atom stereocenters. The molecule has 0 saturated carbocycles. The second-order valence-corrected chi connectivity index (χ2v) is 9.45. The zero-order chi connectivity index (χ0) is 19.3. The van der Waals surface area contributed by atoms with E-state index in [0.717, 1.165) is 30.0 Å². The van der Waals surface area contributed by atoms with E-state index in [4.69, 9.17) is 4.74 Å². The van der Waals surface area contributed by atoms with Gasteiger partial charge in [0.1, 0.15) is 6.10 Å². The molecular formula is C21H22N2O3S2. The van der Waals surface area contributed by atoms with E-state index in [2.05, 4.69) is 16.7 Å². The molecule has 0 aliphatic carbocycles. The largest absolute Gasteiger partial charge is 0.368 e. The fourth-order valence-electron chi connectivity index (χ4n) is 3.26. The molecule has 146 valence electrons. The standard InChI is InChI=1S/C21H22N2O3S2/c24-19(22-17-7-2-5-15(13-17)21-27-10-11-28-21)14-4-1-6-16(12-14)23-20(25)18-8-3-9-26-18/h1-2,4-7,12-13,18,21H,3,8-11H2,(H,22,24)(H,23,25)/t18-/m0/s1. The number of anilines is 2. The van der Waals surface area contributed by atoms with Gasteiger partial charge in [-0.05, 0) is 48.7 Å². The van der Waals surface area contributed by atoms with Crippen molar-refractivity contribution in [1.82, 2.24) is 0 Å². The predicted molar refractivity (Wildman–Crippen MR) is 116 cm³/mol. The number of benzene rings is 2. The molecule has 0 aromatic heterocycles. The zero-order valence-corrected chi connectivity index (χ0v) is 17.0. The lowest BCUT2D eigenvalue weighted by atomic mass is 10.1. The number of hydrogen-bond donors (Lipinski definition) is 2. The first-order valence-corrected chi connectivity index (χ1v) is 11.5. The smallest absolute Gasteiger partial charge is 0.255 e. The minimum absolute atomic E-state index is 0.158. The molecule has 2 aromatic carbocycles. The Morgan fingerprint density at radius 1 is 0.964 bits per heavy atom. The van der Waals surface area contributed by atoms with E-state index < -0.39 is 6.10 Å². The van der Waals surface area contributed by atoms with Crippen LogP contribution in [0.15, 0.2) is 48.5 Å². The van der Waals surface area contributed by atoms with Gasteiger partial charge < -0.3 is 15.4 Å². The van der Waals surface area contributed by atoms with Crippen molar-refractivity contribution in [2.75, 3.05) is 28.7 Å². The van der Waals surface area contributed by atoms with E-state index in [1.807, 2.05) is 41.7 Å². The van der Waals surface area contributed by atoms with Gasteiger partial charge in [-0.15, -0.1) is 23.5 Å². The summed E-state index contributed by atoms with van der Waals surface area (Å²) in [6, 6.07) is 15.0. The fraction of sp³-hybridized carbons (Fsp3) is 0.333. The molecule has 0 bridgehead atoms. The van der Waals surface area contributed by atoms with Crippen molar-refractivity contribution in [3.63, 3.8) is 0 Å². The summed E-state index contributed by atoms with van der Waals surface area (Å²) in [6.45, 7) is 0.622. The van der Waals surface area contributed by atoms with Crippen LogP contribution in [-0.4, -0.2) is 36.0 Å². The van der Waals surface area contributed by atoms with Gasteiger partial charge in [-0.25, -0.2) is 0 Å². The minimum Gasteiger partial charge on any atom is -0.368 e. The van der Waals surface area contributed by atoms with Crippen LogP contribution in [0.25, 0.3) is 0 Å². The molecule has 2 aromatic rings. The monoisotopic (exact) mass is 414 g/mol. The van der Waals surface area contributed by atoms with E-state index >= 15 is 0 Å². The number of amides is 2. The quantitative estimate of drug-likeness (QED) is 0.752. The SMILES string of the molecule is O=C(Nc1cccc(C2SCCS2)c1)c1cccc(NC(=O)[C@@H]2CCCO2)c1. The molecule has 0 radical (unpaired) electrons. The van der Waals surface area contributed by atoms with Crippen molar-refractivity contribution in [3.8, 4) is 0 Å². The van der Waals surface area contributed by atoms with Gasteiger partial charge >= 0.3 is 0 Å². The molecule has 7 heteroatoms. The highest BCUT2D eigenvalue weighted by molar-refractivity contribution is 8.19. The second kappa shape index (κ2) is 9.03. The van der Waals surface area contributed by atoms with Crippen molar-refractivity contribution in [1.29, 1.82) is 0 Å². The van der Waals surface area contributed by atoms with Crippen LogP contribution in [0.4, 0.5) is 11.4 Å². The summed E-state index contributed by atoms with van der Waals surface area (Å²) < 4.78 is 5.84. The van der Waals surface area contributed by atoms with Gasteiger partial charge in [0.2, 0.25) is 0 Å². The van der Waals surface area contributed by atoms with Gasteiger partial charge in [-0.2, -0.15) is 0 Å². The van der Waals surface area contributed by atoms with Crippen molar-refractivity contribution >= 4 is 46.7 Å². The highest BCUT2D eigenvalue weighted by atomic mass is 32.2. The van der Waals surface area contributed by atoms with Crippen LogP contribution in [0.5, 0.6) is 0 Å². The molecule has 28 heavy (non-hydrogen) atoms. The summed E-state index contributed by atoms with van der Waals surface area (Å²) in [4.78, 5) is 24.9. The van der Waals surface area contributed by atoms with E-state index in [0.29, 0.717) is 22.4 Å². The number of carbonyl (C=O) groups is 2. The first-order valence-electron chi connectivity index (χ1n) is 9.36. The average Bonchev–Trinajstić information content (AvgIpc) is 3.42. The normalized spacial score (nSPS) is 19.5. The van der Waals surface area contributed by atoms with E-state index in [9.17, 15) is 9.59 Å². The van der Waals surface area contributed by atoms with Gasteiger partial charge in [-0.3, -0.25) is 9.59 Å². The Hall–Kier alpha value is -1.96. The van der Waals surface area contributed by atoms with Crippen LogP contribution in [0.3, 0.4) is 0 Å². The minimum atomic E-state index is -0.397. The summed E-state index contributed by atoms with van der Waals surface area (Å²) in [5, 5.41) is 5.80. The number of hydrogen-bond acceptors (Lipinski definition) is 5. The Labute approximate surface area is 173 Å². The number of nitrogens with one attached hydrogen (secondary N) is 2. The molecule has 2 aliphatic heterocycles. The Morgan fingerprint density at radius 3 is 2.46 bits per heavy atom. The molecule has 0 unspecified atom stereocenters. The highest BCUT2D eigenvalue weighted by Crippen LogP contribution is 2.45. The van der Waals surface area contributed by atoms with Crippen LogP contribution in [0.1, 0.15) is 33.3 Å². The molecule has 2 N–H and O–H groups in total. The number of ether oxygens (including phenoxy) is 1. The third-order valence-electron chi connectivity index (χ3n) is 4.65. The highest BCUT2D eigenvalue weighted by Gasteiger charge is 2.23. The Morgan fingerprint density at radius 2 is 1.71 bits per heavy atom. The van der Waals surface area contributed by atoms with E-state index in [-0.39, 0.29) is 11.8 Å². The molecule has 5 nitrogen and oxygen atoms in total. The lowest BCUT2D eigenvalue weighted by Crippen LogP contribution is -2.27. The first kappa shape index (κ1) is 19.4. The zero-order valence-electron chi connectivity index (χ0n) is 15.4. The van der Waals surface area contributed by atoms with Crippen LogP contribution >= 0.6 is 23.5 Å². The van der Waals surface area contributed by atoms with Crippen LogP contribution < -0.4 is 10.6 Å². The average molecular weight is 415 g/mol. The first-order chi connectivity index (χ1) is 13.7. The van der Waals surface area contributed by atoms with Crippen molar-refractivity contribution in [2.24, 2.45) is 0 Å². The lowest BCUT2D eigenvalue weighted by molar-refractivity contribution is -0.124. The van der Waals surface area contributed by atoms with Crippen molar-refractivity contribution in [3.05, 3.63) is 59.7 Å². The molecule has 2 heterocycles. The van der Waals surface area contributed by atoms with Crippen LogP contribution in [0.2, 0.25) is 0 Å². The Balaban J connectivity index is 1.42. The maximum absolute atomic E-state index is 12.7. The van der Waals surface area contributed by atoms with Gasteiger partial charge in [0.05, 0.1) is 4.58 Å². The van der Waals surface area contributed by atoms with Gasteiger partial charge in [0, 0.05) is 35.1 Å². The van der Waals surface area contributed by atoms with Gasteiger partial charge in [0.25, 0.3) is 11.8 Å². The van der Waals surface area contributed by atoms with E-state index in [1.54, 1.807) is 24.3 Å². The molecule has 2 saturated heterocycles. The summed E-state index contributed by atoms with van der Waals surface area (Å²) in [7, 11) is 0. The molecule has 0 spiro atoms. The second-order valence-electron chi connectivity index (χ2n) is 6.72. The summed E-state index contributed by atoms with van der Waals surface area (Å²) >= 11 is 3.87. The van der Waals surface area contributed by atoms with E-state index in [1.165, 1.54) is 5.56 Å². The molecule has 4 rings (SSSR count). The summed E-state index contributed by atoms with van der Waals surface area (Å²) in [5.41, 5.74) is 3.10. The summed E-state index contributed by atoms with van der Waals surface area (Å²) in [5.74, 6) is 1.97. The number of rotatable bonds is 5. The number of carbonyl (C=O) groups excluding carboxylic acids is 2. The maximum atomic E-state index is 12.7. The van der Waals surface area contributed by atoms with Crippen molar-refractivity contribution < 1.29 is 14.3 Å². The third-order valence-corrected chi connectivity index (χ3v) is 7.76. The summed E-state index contributed by atoms with van der Waals surface area (Å²) in [6.07, 6.45) is 1.24. The topological polar surface area (TPSA) is 67.4 Å². The predicted octanol–water partition coefficient (Wildman–Crippen LogP) is 4.54. The lowest BCUT2D eigenvalue weighted by Gasteiger charge is -2.13. The van der Waals surface area contributed by atoms with Crippen LogP contribution in [-0.2, 0) is 9.53 Å². The maximum Gasteiger partial charge on any atom is 0.255 e. The van der Waals surface area contributed by atoms with Crippen LogP contribution in [0, 0.1) is 0 Å². The third kappa shape index (κ3) is 4.71. The molecule has 2 aliphatic rings. The van der Waals surface area contributed by atoms with Gasteiger partial charge in [0.15, 0.2) is 0 Å². The molecule has 2 fully saturated rings. The number of thioether (sulfide) groups is 2. The fourth-order valence-corrected chi connectivity index (χ4v) is 6.10. The Kier molecular flexibility index (Phi) is 6.24. The van der Waals surface area contributed by atoms with Gasteiger partial charge in [-0.1, -0.05) is 18.2 Å². The van der Waals surface area contributed by atoms with Crippen molar-refractivity contribution in [2.45, 2.75) is 23.5 Å². The molecular weight excluding hydrogens is 392 g/mol.